The van der Waals surface area contributed by atoms with E-state index in [1.54, 1.807) is 0 Å². The Hall–Kier alpha value is -0.210. The Balaban J connectivity index is 1.82. The molecule has 2 atom stereocenters. The molecule has 0 aliphatic heterocycles. The van der Waals surface area contributed by atoms with Gasteiger partial charge in [0.1, 0.15) is 11.9 Å². The van der Waals surface area contributed by atoms with E-state index >= 15 is 0 Å². The van der Waals surface area contributed by atoms with Crippen molar-refractivity contribution in [1.82, 2.24) is 0 Å². The Labute approximate surface area is 135 Å². The summed E-state index contributed by atoms with van der Waals surface area (Å²) in [7, 11) is 0. The summed E-state index contributed by atoms with van der Waals surface area (Å²) in [5.74, 6) is 1.51. The molecule has 0 radical (unpaired) electrons. The van der Waals surface area contributed by atoms with Crippen LogP contribution >= 0.6 is 27.5 Å². The van der Waals surface area contributed by atoms with E-state index in [0.717, 1.165) is 16.6 Å². The zero-order valence-electron chi connectivity index (χ0n) is 12.2. The molecule has 0 saturated heterocycles. The quantitative estimate of drug-likeness (QED) is 0.613. The molecular formula is C17H22BrClO. The fraction of sp³-hybridized carbons (Fsp3) is 0.647. The van der Waals surface area contributed by atoms with Gasteiger partial charge in [0, 0.05) is 21.7 Å². The molecule has 2 aliphatic carbocycles. The Morgan fingerprint density at radius 2 is 2.00 bits per heavy atom. The molecule has 2 fully saturated rings. The first-order valence-corrected chi connectivity index (χ1v) is 8.86. The number of benzene rings is 1. The van der Waals surface area contributed by atoms with E-state index in [1.807, 2.05) is 0 Å². The van der Waals surface area contributed by atoms with Gasteiger partial charge in [-0.2, -0.15) is 0 Å². The third kappa shape index (κ3) is 2.39. The zero-order chi connectivity index (χ0) is 14.3. The van der Waals surface area contributed by atoms with Gasteiger partial charge in [-0.15, -0.1) is 11.6 Å². The Morgan fingerprint density at radius 3 is 2.60 bits per heavy atom. The summed E-state index contributed by atoms with van der Waals surface area (Å²) in [4.78, 5) is 0. The first-order chi connectivity index (χ1) is 9.53. The Morgan fingerprint density at radius 1 is 1.30 bits per heavy atom. The average Bonchev–Trinajstić information content (AvgIpc) is 2.92. The number of hydrogen-bond donors (Lipinski definition) is 0. The van der Waals surface area contributed by atoms with Crippen molar-refractivity contribution in [3.8, 4) is 5.75 Å². The van der Waals surface area contributed by atoms with Gasteiger partial charge in [0.2, 0.25) is 0 Å². The Kier molecular flexibility index (Phi) is 4.07. The van der Waals surface area contributed by atoms with Gasteiger partial charge in [-0.25, -0.2) is 0 Å². The van der Waals surface area contributed by atoms with E-state index in [2.05, 4.69) is 48.0 Å². The van der Waals surface area contributed by atoms with Crippen molar-refractivity contribution < 1.29 is 4.74 Å². The van der Waals surface area contributed by atoms with Crippen LogP contribution in [0.3, 0.4) is 0 Å². The normalized spacial score (nSPS) is 27.9. The van der Waals surface area contributed by atoms with Crippen molar-refractivity contribution in [3.63, 3.8) is 0 Å². The molecule has 2 saturated carbocycles. The van der Waals surface area contributed by atoms with E-state index in [4.69, 9.17) is 16.3 Å². The van der Waals surface area contributed by atoms with E-state index in [-0.39, 0.29) is 5.41 Å². The number of alkyl halides is 1. The van der Waals surface area contributed by atoms with Gasteiger partial charge >= 0.3 is 0 Å². The lowest BCUT2D eigenvalue weighted by molar-refractivity contribution is -0.0361. The second kappa shape index (κ2) is 5.53. The monoisotopic (exact) mass is 356 g/mol. The van der Waals surface area contributed by atoms with E-state index in [1.165, 1.54) is 31.2 Å². The van der Waals surface area contributed by atoms with Crippen molar-refractivity contribution in [2.24, 2.45) is 5.41 Å². The minimum atomic E-state index is 0.253. The molecule has 0 heterocycles. The highest BCUT2D eigenvalue weighted by atomic mass is 79.9. The van der Waals surface area contributed by atoms with Crippen LogP contribution in [0, 0.1) is 5.41 Å². The smallest absolute Gasteiger partial charge is 0.123 e. The van der Waals surface area contributed by atoms with Crippen LogP contribution < -0.4 is 4.74 Å². The van der Waals surface area contributed by atoms with Crippen molar-refractivity contribution >= 4 is 27.5 Å². The molecule has 110 valence electrons. The maximum absolute atomic E-state index is 6.51. The summed E-state index contributed by atoms with van der Waals surface area (Å²) >= 11 is 10.1. The predicted octanol–water partition coefficient (Wildman–Crippen LogP) is 5.89. The summed E-state index contributed by atoms with van der Waals surface area (Å²) in [6, 6.07) is 6.35. The van der Waals surface area contributed by atoms with Crippen LogP contribution in [0.2, 0.25) is 0 Å². The molecule has 1 aromatic rings. The standard InChI is InChI=1S/C17H22BrClO/c1-11(2)13-9-12(18)5-6-14(13)20-16-10-15(19)17(16)7-3-4-8-17/h5-6,9,11,15-16H,3-4,7-8,10H2,1-2H3. The van der Waals surface area contributed by atoms with Crippen LogP contribution in [-0.4, -0.2) is 11.5 Å². The molecule has 3 heteroatoms. The van der Waals surface area contributed by atoms with Gasteiger partial charge in [0.25, 0.3) is 0 Å². The van der Waals surface area contributed by atoms with Crippen molar-refractivity contribution in [2.75, 3.05) is 0 Å². The second-order valence-corrected chi connectivity index (χ2v) is 8.03. The number of halogens is 2. The van der Waals surface area contributed by atoms with Crippen LogP contribution in [-0.2, 0) is 0 Å². The molecule has 0 amide bonds. The largest absolute Gasteiger partial charge is 0.489 e. The highest BCUT2D eigenvalue weighted by Gasteiger charge is 2.57. The lowest BCUT2D eigenvalue weighted by atomic mass is 9.64. The summed E-state index contributed by atoms with van der Waals surface area (Å²) in [5, 5.41) is 0.313. The van der Waals surface area contributed by atoms with Gasteiger partial charge in [-0.3, -0.25) is 0 Å². The first kappa shape index (κ1) is 14.7. The van der Waals surface area contributed by atoms with Gasteiger partial charge in [-0.05, 0) is 42.5 Å². The lowest BCUT2D eigenvalue weighted by Crippen LogP contribution is -2.55. The van der Waals surface area contributed by atoms with Gasteiger partial charge in [0.05, 0.1) is 0 Å². The van der Waals surface area contributed by atoms with Crippen LogP contribution in [0.5, 0.6) is 5.75 Å². The minimum Gasteiger partial charge on any atom is -0.489 e. The van der Waals surface area contributed by atoms with Gasteiger partial charge in [0.15, 0.2) is 0 Å². The molecule has 0 N–H and O–H groups in total. The topological polar surface area (TPSA) is 9.23 Å². The second-order valence-electron chi connectivity index (χ2n) is 6.59. The molecule has 1 nitrogen and oxygen atoms in total. The predicted molar refractivity (Wildman–Crippen MR) is 87.8 cm³/mol. The van der Waals surface area contributed by atoms with Crippen molar-refractivity contribution in [2.45, 2.75) is 63.4 Å². The molecule has 0 aromatic heterocycles. The molecule has 1 aromatic carbocycles. The van der Waals surface area contributed by atoms with Crippen molar-refractivity contribution in [1.29, 1.82) is 0 Å². The minimum absolute atomic E-state index is 0.253. The van der Waals surface area contributed by atoms with Crippen LogP contribution in [0.1, 0.15) is 57.4 Å². The molecule has 0 bridgehead atoms. The van der Waals surface area contributed by atoms with E-state index < -0.39 is 0 Å². The maximum atomic E-state index is 6.51. The van der Waals surface area contributed by atoms with Gasteiger partial charge in [-0.1, -0.05) is 42.6 Å². The summed E-state index contributed by atoms with van der Waals surface area (Å²) in [6.45, 7) is 4.43. The van der Waals surface area contributed by atoms with Crippen molar-refractivity contribution in [3.05, 3.63) is 28.2 Å². The molecule has 3 rings (SSSR count). The molecule has 1 spiro atoms. The average molecular weight is 358 g/mol. The number of hydrogen-bond acceptors (Lipinski definition) is 1. The van der Waals surface area contributed by atoms with Crippen LogP contribution in [0.4, 0.5) is 0 Å². The number of rotatable bonds is 3. The number of ether oxygens (including phenoxy) is 1. The van der Waals surface area contributed by atoms with E-state index in [0.29, 0.717) is 17.4 Å². The highest BCUT2D eigenvalue weighted by Crippen LogP contribution is 2.57. The third-order valence-electron chi connectivity index (χ3n) is 5.08. The fourth-order valence-corrected chi connectivity index (χ4v) is 4.66. The van der Waals surface area contributed by atoms with Gasteiger partial charge < -0.3 is 4.74 Å². The summed E-state index contributed by atoms with van der Waals surface area (Å²) in [6.07, 6.45) is 6.39. The summed E-state index contributed by atoms with van der Waals surface area (Å²) in [5.41, 5.74) is 1.54. The maximum Gasteiger partial charge on any atom is 0.123 e. The molecule has 2 aliphatic rings. The highest BCUT2D eigenvalue weighted by molar-refractivity contribution is 9.10. The Bertz CT molecular complexity index is 494. The first-order valence-electron chi connectivity index (χ1n) is 7.63. The molecule has 20 heavy (non-hydrogen) atoms. The molecule has 2 unspecified atom stereocenters. The molecular weight excluding hydrogens is 336 g/mol. The summed E-state index contributed by atoms with van der Waals surface area (Å²) < 4.78 is 7.52. The third-order valence-corrected chi connectivity index (χ3v) is 6.19. The lowest BCUT2D eigenvalue weighted by Gasteiger charge is -2.51. The van der Waals surface area contributed by atoms with Crippen LogP contribution in [0.15, 0.2) is 22.7 Å². The SMILES string of the molecule is CC(C)c1cc(Br)ccc1OC1CC(Cl)C12CCCC2. The zero-order valence-corrected chi connectivity index (χ0v) is 14.5. The van der Waals surface area contributed by atoms with E-state index in [9.17, 15) is 0 Å². The van der Waals surface area contributed by atoms with Crippen LogP contribution in [0.25, 0.3) is 0 Å². The fourth-order valence-electron chi connectivity index (χ4n) is 3.76.